The normalized spacial score (nSPS) is 12.5. The maximum Gasteiger partial charge on any atom is 0.264 e. The highest BCUT2D eigenvalue weighted by molar-refractivity contribution is 7.92. The molecule has 40 heavy (non-hydrogen) atoms. The number of anilines is 1. The number of carbonyl (C=O) groups excluding carboxylic acids is 2. The molecule has 214 valence electrons. The van der Waals surface area contributed by atoms with Gasteiger partial charge in [0.05, 0.1) is 20.6 Å². The number of rotatable bonds is 9. The van der Waals surface area contributed by atoms with Crippen molar-refractivity contribution in [2.75, 3.05) is 10.8 Å². The largest absolute Gasteiger partial charge is 0.350 e. The summed E-state index contributed by atoms with van der Waals surface area (Å²) < 4.78 is 28.7. The van der Waals surface area contributed by atoms with Gasteiger partial charge in [-0.05, 0) is 94.3 Å². The molecule has 0 aromatic heterocycles. The monoisotopic (exact) mass is 623 g/mol. The van der Waals surface area contributed by atoms with Crippen LogP contribution in [-0.2, 0) is 26.2 Å². The Morgan fingerprint density at radius 1 is 0.925 bits per heavy atom. The van der Waals surface area contributed by atoms with Crippen LogP contribution in [0.2, 0.25) is 15.1 Å². The number of hydrogen-bond acceptors (Lipinski definition) is 4. The van der Waals surface area contributed by atoms with Crippen molar-refractivity contribution in [3.8, 4) is 0 Å². The molecule has 0 saturated carbocycles. The molecule has 0 fully saturated rings. The van der Waals surface area contributed by atoms with Gasteiger partial charge in [0.1, 0.15) is 12.6 Å². The summed E-state index contributed by atoms with van der Waals surface area (Å²) in [7, 11) is -4.19. The second-order valence-electron chi connectivity index (χ2n) is 10.5. The smallest absolute Gasteiger partial charge is 0.264 e. The molecule has 0 spiro atoms. The Kier molecular flexibility index (Phi) is 10.2. The first-order valence-electron chi connectivity index (χ1n) is 12.5. The quantitative estimate of drug-likeness (QED) is 0.295. The maximum atomic E-state index is 14.0. The first kappa shape index (κ1) is 31.7. The molecule has 7 nitrogen and oxygen atoms in total. The van der Waals surface area contributed by atoms with Crippen molar-refractivity contribution in [3.63, 3.8) is 0 Å². The Labute approximate surface area is 251 Å². The van der Waals surface area contributed by atoms with Gasteiger partial charge in [-0.3, -0.25) is 13.9 Å². The Hall–Kier alpha value is -2.78. The van der Waals surface area contributed by atoms with E-state index in [2.05, 4.69) is 5.32 Å². The Balaban J connectivity index is 2.05. The lowest BCUT2D eigenvalue weighted by molar-refractivity contribution is -0.140. The van der Waals surface area contributed by atoms with Gasteiger partial charge in [-0.2, -0.15) is 0 Å². The van der Waals surface area contributed by atoms with Crippen LogP contribution >= 0.6 is 34.8 Å². The summed E-state index contributed by atoms with van der Waals surface area (Å²) in [6, 6.07) is 16.5. The summed E-state index contributed by atoms with van der Waals surface area (Å²) in [6.45, 7) is 8.37. The van der Waals surface area contributed by atoms with Crippen LogP contribution in [-0.4, -0.2) is 43.3 Å². The predicted molar refractivity (Wildman–Crippen MR) is 162 cm³/mol. The zero-order valence-electron chi connectivity index (χ0n) is 22.9. The fourth-order valence-corrected chi connectivity index (χ4v) is 5.79. The van der Waals surface area contributed by atoms with Gasteiger partial charge < -0.3 is 10.2 Å². The molecule has 0 aliphatic rings. The molecule has 3 rings (SSSR count). The number of aryl methyl sites for hydroxylation is 1. The van der Waals surface area contributed by atoms with Crippen LogP contribution in [0.1, 0.15) is 38.8 Å². The Morgan fingerprint density at radius 3 is 2.15 bits per heavy atom. The van der Waals surface area contributed by atoms with Gasteiger partial charge in [-0.25, -0.2) is 8.42 Å². The number of hydrogen-bond donors (Lipinski definition) is 1. The number of halogens is 3. The molecule has 1 atom stereocenters. The minimum Gasteiger partial charge on any atom is -0.350 e. The Morgan fingerprint density at radius 2 is 1.57 bits per heavy atom. The minimum absolute atomic E-state index is 0.00288. The van der Waals surface area contributed by atoms with Crippen molar-refractivity contribution in [2.24, 2.45) is 0 Å². The standard InChI is InChI=1S/C29H32Cl3N3O4S/c1-19-7-6-8-23(15-19)35(40(38,39)24-12-10-22(30)11-13-24)18-27(36)34(20(2)28(37)33-29(3,4)5)17-21-9-14-25(31)26(32)16-21/h6-16,20H,17-18H2,1-5H3,(H,33,37)/t20-/m1/s1. The van der Waals surface area contributed by atoms with E-state index in [-0.39, 0.29) is 17.3 Å². The third-order valence-electron chi connectivity index (χ3n) is 5.97. The number of benzene rings is 3. The molecule has 0 radical (unpaired) electrons. The molecule has 0 aliphatic carbocycles. The van der Waals surface area contributed by atoms with Gasteiger partial charge in [0.25, 0.3) is 10.0 Å². The maximum absolute atomic E-state index is 14.0. The number of nitrogens with zero attached hydrogens (tertiary/aromatic N) is 2. The topological polar surface area (TPSA) is 86.8 Å². The van der Waals surface area contributed by atoms with E-state index >= 15 is 0 Å². The fourth-order valence-electron chi connectivity index (χ4n) is 3.94. The van der Waals surface area contributed by atoms with Crippen molar-refractivity contribution in [1.82, 2.24) is 10.2 Å². The lowest BCUT2D eigenvalue weighted by Crippen LogP contribution is -2.54. The minimum atomic E-state index is -4.19. The molecule has 2 amide bonds. The molecular formula is C29H32Cl3N3O4S. The lowest BCUT2D eigenvalue weighted by Gasteiger charge is -2.33. The molecule has 0 saturated heterocycles. The summed E-state index contributed by atoms with van der Waals surface area (Å²) in [4.78, 5) is 28.4. The van der Waals surface area contributed by atoms with Crippen LogP contribution in [0.15, 0.2) is 71.6 Å². The highest BCUT2D eigenvalue weighted by Crippen LogP contribution is 2.27. The summed E-state index contributed by atoms with van der Waals surface area (Å²) >= 11 is 18.3. The van der Waals surface area contributed by atoms with Crippen LogP contribution in [0, 0.1) is 6.92 Å². The van der Waals surface area contributed by atoms with Crippen molar-refractivity contribution in [1.29, 1.82) is 0 Å². The lowest BCUT2D eigenvalue weighted by atomic mass is 10.1. The zero-order chi connectivity index (χ0) is 29.8. The van der Waals surface area contributed by atoms with Crippen molar-refractivity contribution >= 4 is 62.3 Å². The summed E-state index contributed by atoms with van der Waals surface area (Å²) in [6.07, 6.45) is 0. The van der Waals surface area contributed by atoms with Crippen LogP contribution < -0.4 is 9.62 Å². The SMILES string of the molecule is Cc1cccc(N(CC(=O)N(Cc2ccc(Cl)c(Cl)c2)[C@H](C)C(=O)NC(C)(C)C)S(=O)(=O)c2ccc(Cl)cc2)c1. The van der Waals surface area contributed by atoms with Gasteiger partial charge in [-0.15, -0.1) is 0 Å². The molecule has 0 bridgehead atoms. The molecule has 11 heteroatoms. The predicted octanol–water partition coefficient (Wildman–Crippen LogP) is 6.48. The summed E-state index contributed by atoms with van der Waals surface area (Å²) in [5, 5.41) is 3.91. The van der Waals surface area contributed by atoms with Gasteiger partial charge in [-0.1, -0.05) is 53.0 Å². The average Bonchev–Trinajstić information content (AvgIpc) is 2.86. The average molecular weight is 625 g/mol. The van der Waals surface area contributed by atoms with Crippen LogP contribution in [0.25, 0.3) is 0 Å². The fraction of sp³-hybridized carbons (Fsp3) is 0.310. The van der Waals surface area contributed by atoms with Gasteiger partial charge in [0.15, 0.2) is 0 Å². The second kappa shape index (κ2) is 12.8. The van der Waals surface area contributed by atoms with Crippen LogP contribution in [0.3, 0.4) is 0 Å². The van der Waals surface area contributed by atoms with Crippen LogP contribution in [0.4, 0.5) is 5.69 Å². The van der Waals surface area contributed by atoms with Gasteiger partial charge in [0.2, 0.25) is 11.8 Å². The highest BCUT2D eigenvalue weighted by atomic mass is 35.5. The van der Waals surface area contributed by atoms with E-state index < -0.39 is 34.1 Å². The Bertz CT molecular complexity index is 1490. The molecule has 3 aromatic rings. The van der Waals surface area contributed by atoms with Crippen LogP contribution in [0.5, 0.6) is 0 Å². The summed E-state index contributed by atoms with van der Waals surface area (Å²) in [5.74, 6) is -0.967. The number of amides is 2. The van der Waals surface area contributed by atoms with E-state index in [1.54, 1.807) is 43.3 Å². The second-order valence-corrected chi connectivity index (χ2v) is 13.6. The van der Waals surface area contributed by atoms with Gasteiger partial charge in [0, 0.05) is 17.1 Å². The number of nitrogens with one attached hydrogen (secondary N) is 1. The number of carbonyl (C=O) groups is 2. The van der Waals surface area contributed by atoms with E-state index in [9.17, 15) is 18.0 Å². The first-order valence-corrected chi connectivity index (χ1v) is 15.1. The molecule has 1 N–H and O–H groups in total. The van der Waals surface area contributed by atoms with E-state index in [1.807, 2.05) is 33.8 Å². The molecule has 3 aromatic carbocycles. The highest BCUT2D eigenvalue weighted by Gasteiger charge is 2.33. The zero-order valence-corrected chi connectivity index (χ0v) is 26.0. The van der Waals surface area contributed by atoms with E-state index in [0.29, 0.717) is 26.3 Å². The third-order valence-corrected chi connectivity index (χ3v) is 8.75. The third kappa shape index (κ3) is 8.13. The first-order chi connectivity index (χ1) is 18.6. The van der Waals surface area contributed by atoms with E-state index in [1.165, 1.54) is 29.2 Å². The van der Waals surface area contributed by atoms with Crippen molar-refractivity contribution in [2.45, 2.75) is 57.6 Å². The van der Waals surface area contributed by atoms with Gasteiger partial charge >= 0.3 is 0 Å². The number of sulfonamides is 1. The van der Waals surface area contributed by atoms with Crippen molar-refractivity contribution in [3.05, 3.63) is 92.9 Å². The van der Waals surface area contributed by atoms with Crippen molar-refractivity contribution < 1.29 is 18.0 Å². The molecule has 0 heterocycles. The molecule has 0 aliphatic heterocycles. The molecular weight excluding hydrogens is 593 g/mol. The summed E-state index contributed by atoms with van der Waals surface area (Å²) in [5.41, 5.74) is 1.20. The van der Waals surface area contributed by atoms with E-state index in [0.717, 1.165) is 9.87 Å². The van der Waals surface area contributed by atoms with E-state index in [4.69, 9.17) is 34.8 Å². The molecule has 0 unspecified atom stereocenters.